The van der Waals surface area contributed by atoms with Crippen molar-refractivity contribution in [2.75, 3.05) is 26.2 Å². The summed E-state index contributed by atoms with van der Waals surface area (Å²) in [6.45, 7) is 6.52. The van der Waals surface area contributed by atoms with Crippen molar-refractivity contribution in [1.82, 2.24) is 20.7 Å². The average molecular weight is 461 g/mol. The molecule has 1 aliphatic rings. The highest BCUT2D eigenvalue weighted by atomic mass is 19.1. The fourth-order valence-electron chi connectivity index (χ4n) is 3.51. The number of ether oxygens (including phenoxy) is 1. The van der Waals surface area contributed by atoms with Crippen molar-refractivity contribution < 1.29 is 28.0 Å². The van der Waals surface area contributed by atoms with Gasteiger partial charge in [0.25, 0.3) is 5.91 Å². The SMILES string of the molecule is CC(C)(C)OC(=O)NCCNC(=O)C1CCCN(C(=O)c2cc(-c3ccccc3F)on2)C1. The molecule has 33 heavy (non-hydrogen) atoms. The Labute approximate surface area is 191 Å². The van der Waals surface area contributed by atoms with Gasteiger partial charge in [0.2, 0.25) is 5.91 Å². The van der Waals surface area contributed by atoms with Gasteiger partial charge in [-0.1, -0.05) is 17.3 Å². The molecule has 0 bridgehead atoms. The predicted molar refractivity (Wildman–Crippen MR) is 118 cm³/mol. The van der Waals surface area contributed by atoms with E-state index >= 15 is 0 Å². The number of aromatic nitrogens is 1. The number of nitrogens with one attached hydrogen (secondary N) is 2. The van der Waals surface area contributed by atoms with Crippen molar-refractivity contribution in [3.63, 3.8) is 0 Å². The van der Waals surface area contributed by atoms with Gasteiger partial charge in [0.15, 0.2) is 11.5 Å². The van der Waals surface area contributed by atoms with Gasteiger partial charge in [0, 0.05) is 32.2 Å². The molecule has 1 atom stereocenters. The van der Waals surface area contributed by atoms with Gasteiger partial charge in [-0.3, -0.25) is 9.59 Å². The molecule has 1 fully saturated rings. The van der Waals surface area contributed by atoms with Gasteiger partial charge in [-0.2, -0.15) is 0 Å². The van der Waals surface area contributed by atoms with Crippen LogP contribution in [0.25, 0.3) is 11.3 Å². The van der Waals surface area contributed by atoms with Crippen molar-refractivity contribution in [3.8, 4) is 11.3 Å². The summed E-state index contributed by atoms with van der Waals surface area (Å²) < 4.78 is 24.3. The number of hydrogen-bond acceptors (Lipinski definition) is 6. The maximum absolute atomic E-state index is 14.0. The van der Waals surface area contributed by atoms with E-state index in [0.717, 1.165) is 0 Å². The highest BCUT2D eigenvalue weighted by Crippen LogP contribution is 2.25. The van der Waals surface area contributed by atoms with E-state index in [9.17, 15) is 18.8 Å². The zero-order valence-electron chi connectivity index (χ0n) is 19.0. The lowest BCUT2D eigenvalue weighted by molar-refractivity contribution is -0.126. The number of amides is 3. The van der Waals surface area contributed by atoms with E-state index in [1.54, 1.807) is 43.9 Å². The molecule has 0 saturated carbocycles. The molecule has 0 spiro atoms. The number of nitrogens with zero attached hydrogens (tertiary/aromatic N) is 2. The molecule has 1 aliphatic heterocycles. The van der Waals surface area contributed by atoms with E-state index in [0.29, 0.717) is 19.4 Å². The lowest BCUT2D eigenvalue weighted by Crippen LogP contribution is -2.46. The first-order valence-electron chi connectivity index (χ1n) is 10.9. The standard InChI is InChI=1S/C23H29FN4O5/c1-23(2,3)32-22(31)26-11-10-25-20(29)15-7-6-12-28(14-15)21(30)18-13-19(33-27-18)16-8-4-5-9-17(16)24/h4-5,8-9,13,15H,6-7,10-12,14H2,1-3H3,(H,25,29)(H,26,31). The summed E-state index contributed by atoms with van der Waals surface area (Å²) in [6, 6.07) is 7.49. The first kappa shape index (κ1) is 24.2. The Hall–Kier alpha value is -3.43. The number of alkyl carbamates (subject to hydrolysis) is 1. The monoisotopic (exact) mass is 460 g/mol. The second kappa shape index (κ2) is 10.5. The molecule has 3 amide bonds. The number of benzene rings is 1. The van der Waals surface area contributed by atoms with Crippen LogP contribution in [0.3, 0.4) is 0 Å². The Morgan fingerprint density at radius 1 is 1.21 bits per heavy atom. The van der Waals surface area contributed by atoms with Crippen LogP contribution in [0.5, 0.6) is 0 Å². The van der Waals surface area contributed by atoms with Crippen molar-refractivity contribution in [2.24, 2.45) is 5.92 Å². The van der Waals surface area contributed by atoms with Gasteiger partial charge < -0.3 is 24.8 Å². The number of likely N-dealkylation sites (tertiary alicyclic amines) is 1. The van der Waals surface area contributed by atoms with E-state index in [1.807, 2.05) is 0 Å². The van der Waals surface area contributed by atoms with E-state index in [2.05, 4.69) is 15.8 Å². The van der Waals surface area contributed by atoms with Crippen LogP contribution in [0.1, 0.15) is 44.1 Å². The fraction of sp³-hybridized carbons (Fsp3) is 0.478. The first-order chi connectivity index (χ1) is 15.6. The maximum Gasteiger partial charge on any atom is 0.407 e. The molecule has 9 nitrogen and oxygen atoms in total. The highest BCUT2D eigenvalue weighted by molar-refractivity contribution is 5.93. The molecule has 178 valence electrons. The van der Waals surface area contributed by atoms with Gasteiger partial charge in [-0.15, -0.1) is 0 Å². The summed E-state index contributed by atoms with van der Waals surface area (Å²) in [6.07, 6.45) is 0.764. The molecule has 0 radical (unpaired) electrons. The van der Waals surface area contributed by atoms with E-state index in [4.69, 9.17) is 9.26 Å². The maximum atomic E-state index is 14.0. The zero-order valence-corrected chi connectivity index (χ0v) is 19.0. The Kier molecular flexibility index (Phi) is 7.67. The topological polar surface area (TPSA) is 114 Å². The second-order valence-corrected chi connectivity index (χ2v) is 8.87. The molecule has 1 aromatic carbocycles. The molecule has 1 saturated heterocycles. The Bertz CT molecular complexity index is 1000. The molecule has 3 rings (SSSR count). The number of hydrogen-bond donors (Lipinski definition) is 2. The molecule has 1 unspecified atom stereocenters. The van der Waals surface area contributed by atoms with E-state index in [-0.39, 0.29) is 54.4 Å². The summed E-state index contributed by atoms with van der Waals surface area (Å²) in [4.78, 5) is 38.6. The van der Waals surface area contributed by atoms with E-state index in [1.165, 1.54) is 12.1 Å². The third-order valence-corrected chi connectivity index (χ3v) is 5.04. The van der Waals surface area contributed by atoms with Crippen LogP contribution in [0, 0.1) is 11.7 Å². The summed E-state index contributed by atoms with van der Waals surface area (Å²) in [5, 5.41) is 9.15. The number of carbonyl (C=O) groups is 3. The summed E-state index contributed by atoms with van der Waals surface area (Å²) in [7, 11) is 0. The zero-order chi connectivity index (χ0) is 24.0. The van der Waals surface area contributed by atoms with Crippen LogP contribution >= 0.6 is 0 Å². The van der Waals surface area contributed by atoms with Crippen LogP contribution in [-0.4, -0.2) is 59.7 Å². The lowest BCUT2D eigenvalue weighted by Gasteiger charge is -2.31. The first-order valence-corrected chi connectivity index (χ1v) is 10.9. The minimum atomic E-state index is -0.592. The normalized spacial score (nSPS) is 16.2. The minimum absolute atomic E-state index is 0.0656. The average Bonchev–Trinajstić information content (AvgIpc) is 3.25. The highest BCUT2D eigenvalue weighted by Gasteiger charge is 2.30. The van der Waals surface area contributed by atoms with Crippen molar-refractivity contribution in [1.29, 1.82) is 0 Å². The summed E-state index contributed by atoms with van der Waals surface area (Å²) in [5.41, 5.74) is -0.304. The molecule has 2 aromatic rings. The third-order valence-electron chi connectivity index (χ3n) is 5.04. The number of halogens is 1. The van der Waals surface area contributed by atoms with Crippen LogP contribution in [-0.2, 0) is 9.53 Å². The van der Waals surface area contributed by atoms with Crippen LogP contribution in [0.15, 0.2) is 34.9 Å². The van der Waals surface area contributed by atoms with Crippen molar-refractivity contribution in [3.05, 3.63) is 41.8 Å². The number of carbonyl (C=O) groups excluding carboxylic acids is 3. The van der Waals surface area contributed by atoms with Crippen molar-refractivity contribution >= 4 is 17.9 Å². The van der Waals surface area contributed by atoms with Gasteiger partial charge in [0.1, 0.15) is 11.4 Å². The fourth-order valence-corrected chi connectivity index (χ4v) is 3.51. The molecular formula is C23H29FN4O5. The van der Waals surface area contributed by atoms with Gasteiger partial charge in [-0.05, 0) is 45.7 Å². The Morgan fingerprint density at radius 3 is 2.67 bits per heavy atom. The summed E-state index contributed by atoms with van der Waals surface area (Å²) >= 11 is 0. The Morgan fingerprint density at radius 2 is 1.94 bits per heavy atom. The van der Waals surface area contributed by atoms with Gasteiger partial charge in [0.05, 0.1) is 11.5 Å². The quantitative estimate of drug-likeness (QED) is 0.641. The van der Waals surface area contributed by atoms with Gasteiger partial charge >= 0.3 is 6.09 Å². The minimum Gasteiger partial charge on any atom is -0.444 e. The van der Waals surface area contributed by atoms with Crippen LogP contribution < -0.4 is 10.6 Å². The van der Waals surface area contributed by atoms with Crippen LogP contribution in [0.2, 0.25) is 0 Å². The third kappa shape index (κ3) is 6.77. The molecule has 0 aliphatic carbocycles. The van der Waals surface area contributed by atoms with E-state index < -0.39 is 17.5 Å². The molecule has 1 aromatic heterocycles. The second-order valence-electron chi connectivity index (χ2n) is 8.87. The summed E-state index contributed by atoms with van der Waals surface area (Å²) in [5.74, 6) is -1.23. The molecular weight excluding hydrogens is 431 g/mol. The predicted octanol–water partition coefficient (Wildman–Crippen LogP) is 2.97. The van der Waals surface area contributed by atoms with Gasteiger partial charge in [-0.25, -0.2) is 9.18 Å². The molecule has 2 N–H and O–H groups in total. The largest absolute Gasteiger partial charge is 0.444 e. The van der Waals surface area contributed by atoms with Crippen molar-refractivity contribution in [2.45, 2.75) is 39.2 Å². The number of piperidine rings is 1. The number of rotatable bonds is 6. The molecule has 2 heterocycles. The Balaban J connectivity index is 1.50. The lowest BCUT2D eigenvalue weighted by atomic mass is 9.97. The smallest absolute Gasteiger partial charge is 0.407 e. The molecule has 10 heteroatoms. The van der Waals surface area contributed by atoms with Crippen LogP contribution in [0.4, 0.5) is 9.18 Å².